The number of anilines is 1. The molecule has 5 heteroatoms. The first-order valence-electron chi connectivity index (χ1n) is 6.30. The molecule has 0 atom stereocenters. The van der Waals surface area contributed by atoms with Crippen molar-refractivity contribution in [2.75, 3.05) is 5.32 Å². The van der Waals surface area contributed by atoms with E-state index < -0.39 is 0 Å². The summed E-state index contributed by atoms with van der Waals surface area (Å²) in [5.41, 5.74) is 2.02. The van der Waals surface area contributed by atoms with E-state index >= 15 is 0 Å². The summed E-state index contributed by atoms with van der Waals surface area (Å²) in [6, 6.07) is 10.1. The van der Waals surface area contributed by atoms with E-state index in [1.165, 1.54) is 10.6 Å². The molecule has 104 valence electrons. The van der Waals surface area contributed by atoms with E-state index in [0.29, 0.717) is 23.7 Å². The van der Waals surface area contributed by atoms with Crippen molar-refractivity contribution in [2.24, 2.45) is 0 Å². The molecular weight excluding hydrogens is 276 g/mol. The fourth-order valence-corrected chi connectivity index (χ4v) is 1.98. The number of carbonyl (C=O) groups excluding carboxylic acids is 1. The smallest absolute Gasteiger partial charge is 0.255 e. The van der Waals surface area contributed by atoms with Crippen LogP contribution in [0.25, 0.3) is 0 Å². The van der Waals surface area contributed by atoms with Crippen molar-refractivity contribution in [2.45, 2.75) is 19.3 Å². The van der Waals surface area contributed by atoms with Gasteiger partial charge in [0.05, 0.1) is 5.69 Å². The Kier molecular flexibility index (Phi) is 4.58. The predicted octanol–water partition coefficient (Wildman–Crippen LogP) is 2.86. The lowest BCUT2D eigenvalue weighted by Crippen LogP contribution is -2.19. The van der Waals surface area contributed by atoms with Gasteiger partial charge in [0, 0.05) is 30.3 Å². The predicted molar refractivity (Wildman–Crippen MR) is 80.3 cm³/mol. The Bertz CT molecular complexity index is 662. The Morgan fingerprint density at radius 2 is 1.90 bits per heavy atom. The van der Waals surface area contributed by atoms with Crippen molar-refractivity contribution < 1.29 is 4.79 Å². The number of hydrogen-bond acceptors (Lipinski definition) is 2. The van der Waals surface area contributed by atoms with Crippen molar-refractivity contribution in [3.8, 4) is 0 Å². The van der Waals surface area contributed by atoms with Crippen molar-refractivity contribution >= 4 is 23.2 Å². The molecule has 20 heavy (non-hydrogen) atoms. The van der Waals surface area contributed by atoms with E-state index in [9.17, 15) is 9.59 Å². The van der Waals surface area contributed by atoms with E-state index in [2.05, 4.69) is 5.32 Å². The Hall–Kier alpha value is -2.07. The van der Waals surface area contributed by atoms with Crippen molar-refractivity contribution in [3.05, 3.63) is 64.1 Å². The Morgan fingerprint density at radius 1 is 1.20 bits per heavy atom. The summed E-state index contributed by atoms with van der Waals surface area (Å²) in [6.07, 6.45) is 1.63. The monoisotopic (exact) mass is 290 g/mol. The first-order valence-corrected chi connectivity index (χ1v) is 6.84. The maximum atomic E-state index is 12.1. The van der Waals surface area contributed by atoms with Gasteiger partial charge < -0.3 is 9.88 Å². The molecule has 4 nitrogen and oxygen atoms in total. The lowest BCUT2D eigenvalue weighted by atomic mass is 10.1. The van der Waals surface area contributed by atoms with Gasteiger partial charge in [0.1, 0.15) is 0 Å². The average molecular weight is 291 g/mol. The van der Waals surface area contributed by atoms with E-state index in [1.807, 2.05) is 19.1 Å². The fraction of sp³-hybridized carbons (Fsp3) is 0.200. The van der Waals surface area contributed by atoms with Gasteiger partial charge in [-0.1, -0.05) is 12.1 Å². The van der Waals surface area contributed by atoms with Gasteiger partial charge in [0.25, 0.3) is 11.5 Å². The molecule has 0 saturated heterocycles. The van der Waals surface area contributed by atoms with Crippen LogP contribution in [0.2, 0.25) is 0 Å². The van der Waals surface area contributed by atoms with Crippen molar-refractivity contribution in [3.63, 3.8) is 0 Å². The average Bonchev–Trinajstić information content (AvgIpc) is 2.49. The molecule has 1 N–H and O–H groups in total. The van der Waals surface area contributed by atoms with E-state index in [-0.39, 0.29) is 11.5 Å². The van der Waals surface area contributed by atoms with E-state index in [4.69, 9.17) is 11.6 Å². The van der Waals surface area contributed by atoms with Crippen LogP contribution in [0.4, 0.5) is 5.69 Å². The molecule has 0 fully saturated rings. The number of nitrogens with one attached hydrogen (secondary N) is 1. The summed E-state index contributed by atoms with van der Waals surface area (Å²) in [7, 11) is 0. The molecule has 0 saturated carbocycles. The second-order valence-electron chi connectivity index (χ2n) is 4.33. The van der Waals surface area contributed by atoms with Crippen LogP contribution in [-0.2, 0) is 12.4 Å². The third-order valence-electron chi connectivity index (χ3n) is 2.95. The van der Waals surface area contributed by atoms with Crippen LogP contribution in [0.5, 0.6) is 0 Å². The molecule has 0 bridgehead atoms. The minimum Gasteiger partial charge on any atom is -0.321 e. The summed E-state index contributed by atoms with van der Waals surface area (Å²) in [4.78, 5) is 23.5. The highest BCUT2D eigenvalue weighted by molar-refractivity contribution is 6.17. The minimum atomic E-state index is -0.215. The van der Waals surface area contributed by atoms with Crippen LogP contribution in [0.3, 0.4) is 0 Å². The number of rotatable bonds is 4. The van der Waals surface area contributed by atoms with Crippen LogP contribution < -0.4 is 10.9 Å². The SMILES string of the molecule is CCn1cc(NC(=O)c2ccc(CCl)cc2)ccc1=O. The van der Waals surface area contributed by atoms with Gasteiger partial charge in [0.2, 0.25) is 0 Å². The number of aromatic nitrogens is 1. The lowest BCUT2D eigenvalue weighted by molar-refractivity contribution is 0.102. The van der Waals surface area contributed by atoms with Crippen LogP contribution >= 0.6 is 11.6 Å². The summed E-state index contributed by atoms with van der Waals surface area (Å²) < 4.78 is 1.53. The number of pyridine rings is 1. The van der Waals surface area contributed by atoms with Crippen LogP contribution in [0.1, 0.15) is 22.8 Å². The molecule has 1 aromatic heterocycles. The summed E-state index contributed by atoms with van der Waals surface area (Å²) in [5, 5.41) is 2.77. The van der Waals surface area contributed by atoms with Gasteiger partial charge in [-0.15, -0.1) is 11.6 Å². The number of benzene rings is 1. The quantitative estimate of drug-likeness (QED) is 0.880. The standard InChI is InChI=1S/C15H15ClN2O2/c1-2-18-10-13(7-8-14(18)19)17-15(20)12-5-3-11(9-16)4-6-12/h3-8,10H,2,9H2,1H3,(H,17,20). The van der Waals surface area contributed by atoms with Gasteiger partial charge in [-0.2, -0.15) is 0 Å². The number of amides is 1. The Labute approximate surface area is 122 Å². The number of alkyl halides is 1. The highest BCUT2D eigenvalue weighted by atomic mass is 35.5. The number of halogens is 1. The highest BCUT2D eigenvalue weighted by Gasteiger charge is 2.06. The molecule has 1 aromatic carbocycles. The largest absolute Gasteiger partial charge is 0.321 e. The first kappa shape index (κ1) is 14.3. The zero-order chi connectivity index (χ0) is 14.5. The van der Waals surface area contributed by atoms with Gasteiger partial charge in [-0.3, -0.25) is 9.59 Å². The van der Waals surface area contributed by atoms with Gasteiger partial charge >= 0.3 is 0 Å². The first-order chi connectivity index (χ1) is 9.63. The third-order valence-corrected chi connectivity index (χ3v) is 3.26. The number of nitrogens with zero attached hydrogens (tertiary/aromatic N) is 1. The lowest BCUT2D eigenvalue weighted by Gasteiger charge is -2.08. The van der Waals surface area contributed by atoms with Gasteiger partial charge in [0.15, 0.2) is 0 Å². The molecule has 0 unspecified atom stereocenters. The van der Waals surface area contributed by atoms with Crippen molar-refractivity contribution in [1.82, 2.24) is 4.57 Å². The zero-order valence-corrected chi connectivity index (χ0v) is 11.9. The third kappa shape index (κ3) is 3.27. The minimum absolute atomic E-state index is 0.0861. The summed E-state index contributed by atoms with van der Waals surface area (Å²) >= 11 is 5.70. The maximum absolute atomic E-state index is 12.1. The second kappa shape index (κ2) is 6.39. The van der Waals surface area contributed by atoms with Gasteiger partial charge in [-0.05, 0) is 30.7 Å². The summed E-state index contributed by atoms with van der Waals surface area (Å²) in [6.45, 7) is 2.44. The molecular formula is C15H15ClN2O2. The molecule has 1 heterocycles. The molecule has 2 rings (SSSR count). The van der Waals surface area contributed by atoms with E-state index in [1.54, 1.807) is 24.4 Å². The van der Waals surface area contributed by atoms with Crippen LogP contribution in [0, 0.1) is 0 Å². The maximum Gasteiger partial charge on any atom is 0.255 e. The topological polar surface area (TPSA) is 51.1 Å². The molecule has 2 aromatic rings. The molecule has 1 amide bonds. The number of aryl methyl sites for hydroxylation is 1. The normalized spacial score (nSPS) is 10.3. The Morgan fingerprint density at radius 3 is 2.50 bits per heavy atom. The molecule has 0 spiro atoms. The molecule has 0 aliphatic rings. The number of hydrogen-bond donors (Lipinski definition) is 1. The highest BCUT2D eigenvalue weighted by Crippen LogP contribution is 2.10. The van der Waals surface area contributed by atoms with Gasteiger partial charge in [-0.25, -0.2) is 0 Å². The van der Waals surface area contributed by atoms with Crippen LogP contribution in [-0.4, -0.2) is 10.5 Å². The Balaban J connectivity index is 2.16. The second-order valence-corrected chi connectivity index (χ2v) is 4.59. The summed E-state index contributed by atoms with van der Waals surface area (Å²) in [5.74, 6) is 0.205. The zero-order valence-electron chi connectivity index (χ0n) is 11.1. The molecule has 0 radical (unpaired) electrons. The molecule has 0 aliphatic heterocycles. The number of carbonyl (C=O) groups is 1. The van der Waals surface area contributed by atoms with Crippen LogP contribution in [0.15, 0.2) is 47.4 Å². The fourth-order valence-electron chi connectivity index (χ4n) is 1.80. The van der Waals surface area contributed by atoms with Crippen molar-refractivity contribution in [1.29, 1.82) is 0 Å². The molecule has 0 aliphatic carbocycles. The van der Waals surface area contributed by atoms with E-state index in [0.717, 1.165) is 5.56 Å².